The van der Waals surface area contributed by atoms with Gasteiger partial charge < -0.3 is 4.74 Å². The van der Waals surface area contributed by atoms with Crippen LogP contribution in [0.3, 0.4) is 0 Å². The second kappa shape index (κ2) is 4.06. The average molecular weight is 230 g/mol. The number of alkyl halides is 1. The molecular weight excluding hydrogens is 221 g/mol. The Morgan fingerprint density at radius 3 is 2.67 bits per heavy atom. The highest BCUT2D eigenvalue weighted by molar-refractivity contribution is 6.18. The van der Waals surface area contributed by atoms with Crippen LogP contribution in [0.5, 0.6) is 0 Å². The van der Waals surface area contributed by atoms with Crippen molar-refractivity contribution in [3.05, 3.63) is 30.1 Å². The Balaban J connectivity index is 2.18. The number of hydrogen-bond acceptors (Lipinski definition) is 2. The van der Waals surface area contributed by atoms with Crippen LogP contribution in [0, 0.1) is 5.82 Å². The van der Waals surface area contributed by atoms with Crippen LogP contribution in [0.4, 0.5) is 14.9 Å². The molecule has 1 fully saturated rings. The molecule has 5 heteroatoms. The number of ether oxygens (including phenoxy) is 1. The molecule has 1 atom stereocenters. The number of cyclic esters (lactones) is 1. The van der Waals surface area contributed by atoms with Gasteiger partial charge in [0.1, 0.15) is 11.9 Å². The normalized spacial score (nSPS) is 20.5. The first-order valence-electron chi connectivity index (χ1n) is 4.50. The fourth-order valence-corrected chi connectivity index (χ4v) is 1.59. The predicted octanol–water partition coefficient (Wildman–Crippen LogP) is 2.39. The molecule has 3 nitrogen and oxygen atoms in total. The van der Waals surface area contributed by atoms with Gasteiger partial charge in [-0.05, 0) is 24.3 Å². The first-order valence-corrected chi connectivity index (χ1v) is 5.04. The second-order valence-corrected chi connectivity index (χ2v) is 3.56. The lowest BCUT2D eigenvalue weighted by Crippen LogP contribution is -2.24. The summed E-state index contributed by atoms with van der Waals surface area (Å²) in [4.78, 5) is 12.8. The fraction of sp³-hybridized carbons (Fsp3) is 0.300. The van der Waals surface area contributed by atoms with Gasteiger partial charge in [-0.25, -0.2) is 9.18 Å². The summed E-state index contributed by atoms with van der Waals surface area (Å²) in [6, 6.07) is 5.67. The molecule has 80 valence electrons. The van der Waals surface area contributed by atoms with Crippen LogP contribution in [0.15, 0.2) is 24.3 Å². The SMILES string of the molecule is O=C1O[C@H](CCl)CN1c1ccc(F)cc1. The largest absolute Gasteiger partial charge is 0.443 e. The maximum absolute atomic E-state index is 12.7. The summed E-state index contributed by atoms with van der Waals surface area (Å²) in [5, 5.41) is 0. The minimum atomic E-state index is -0.438. The fourth-order valence-electron chi connectivity index (χ4n) is 1.43. The number of halogens is 2. The van der Waals surface area contributed by atoms with Gasteiger partial charge in [0, 0.05) is 5.69 Å². The van der Waals surface area contributed by atoms with Crippen molar-refractivity contribution in [1.29, 1.82) is 0 Å². The Labute approximate surface area is 91.4 Å². The van der Waals surface area contributed by atoms with E-state index in [0.29, 0.717) is 12.2 Å². The Morgan fingerprint density at radius 1 is 1.47 bits per heavy atom. The number of rotatable bonds is 2. The molecule has 1 saturated heterocycles. The first-order chi connectivity index (χ1) is 7.20. The maximum atomic E-state index is 12.7. The number of hydrogen-bond donors (Lipinski definition) is 0. The van der Waals surface area contributed by atoms with Gasteiger partial charge in [0.15, 0.2) is 0 Å². The summed E-state index contributed by atoms with van der Waals surface area (Å²) in [5.74, 6) is -0.0658. The molecule has 1 aromatic carbocycles. The Bertz CT molecular complexity index is 368. The lowest BCUT2D eigenvalue weighted by molar-refractivity contribution is 0.151. The molecular formula is C10H9ClFNO2. The van der Waals surface area contributed by atoms with Gasteiger partial charge in [0.25, 0.3) is 0 Å². The number of nitrogens with zero attached hydrogens (tertiary/aromatic N) is 1. The Hall–Kier alpha value is -1.29. The molecule has 0 saturated carbocycles. The highest BCUT2D eigenvalue weighted by Crippen LogP contribution is 2.22. The molecule has 2 rings (SSSR count). The number of carbonyl (C=O) groups is 1. The van der Waals surface area contributed by atoms with E-state index >= 15 is 0 Å². The molecule has 1 aromatic rings. The van der Waals surface area contributed by atoms with Crippen LogP contribution in [0.25, 0.3) is 0 Å². The molecule has 0 N–H and O–H groups in total. The molecule has 0 aromatic heterocycles. The number of benzene rings is 1. The molecule has 15 heavy (non-hydrogen) atoms. The molecule has 0 spiro atoms. The monoisotopic (exact) mass is 229 g/mol. The van der Waals surface area contributed by atoms with Gasteiger partial charge in [0.05, 0.1) is 12.4 Å². The minimum Gasteiger partial charge on any atom is -0.443 e. The lowest BCUT2D eigenvalue weighted by Gasteiger charge is -2.12. The van der Waals surface area contributed by atoms with Crippen molar-refractivity contribution in [1.82, 2.24) is 0 Å². The summed E-state index contributed by atoms with van der Waals surface area (Å²) in [5.41, 5.74) is 0.619. The summed E-state index contributed by atoms with van der Waals surface area (Å²) in [6.45, 7) is 0.411. The molecule has 0 unspecified atom stereocenters. The smallest absolute Gasteiger partial charge is 0.414 e. The third-order valence-electron chi connectivity index (χ3n) is 2.18. The molecule has 0 bridgehead atoms. The maximum Gasteiger partial charge on any atom is 0.414 e. The second-order valence-electron chi connectivity index (χ2n) is 3.25. The topological polar surface area (TPSA) is 29.5 Å². The molecule has 1 heterocycles. The Kier molecular flexibility index (Phi) is 2.77. The minimum absolute atomic E-state index is 0.267. The van der Waals surface area contributed by atoms with E-state index in [9.17, 15) is 9.18 Å². The van der Waals surface area contributed by atoms with E-state index in [4.69, 9.17) is 16.3 Å². The third kappa shape index (κ3) is 2.04. The van der Waals surface area contributed by atoms with E-state index in [-0.39, 0.29) is 17.8 Å². The van der Waals surface area contributed by atoms with Crippen LogP contribution in [-0.2, 0) is 4.74 Å². The van der Waals surface area contributed by atoms with Gasteiger partial charge in [-0.1, -0.05) is 0 Å². The average Bonchev–Trinajstić information content (AvgIpc) is 2.61. The van der Waals surface area contributed by atoms with Gasteiger partial charge in [0.2, 0.25) is 0 Å². The van der Waals surface area contributed by atoms with E-state index in [1.807, 2.05) is 0 Å². The van der Waals surface area contributed by atoms with Crippen molar-refractivity contribution in [2.45, 2.75) is 6.10 Å². The quantitative estimate of drug-likeness (QED) is 0.729. The van der Waals surface area contributed by atoms with E-state index in [1.54, 1.807) is 0 Å². The summed E-state index contributed by atoms with van der Waals surface area (Å²) in [7, 11) is 0. The highest BCUT2D eigenvalue weighted by Gasteiger charge is 2.31. The van der Waals surface area contributed by atoms with Gasteiger partial charge in [-0.3, -0.25) is 4.90 Å². The molecule has 1 aliphatic rings. The van der Waals surface area contributed by atoms with Crippen molar-refractivity contribution < 1.29 is 13.9 Å². The predicted molar refractivity (Wildman–Crippen MR) is 54.7 cm³/mol. The van der Waals surface area contributed by atoms with Crippen molar-refractivity contribution in [2.24, 2.45) is 0 Å². The zero-order valence-corrected chi connectivity index (χ0v) is 8.58. The lowest BCUT2D eigenvalue weighted by atomic mass is 10.3. The standard InChI is InChI=1S/C10H9ClFNO2/c11-5-9-6-13(10(14)15-9)8-3-1-7(12)2-4-8/h1-4,9H,5-6H2/t9-/m1/s1. The Morgan fingerprint density at radius 2 is 2.13 bits per heavy atom. The van der Waals surface area contributed by atoms with Crippen LogP contribution in [0.1, 0.15) is 0 Å². The van der Waals surface area contributed by atoms with Crippen molar-refractivity contribution in [3.8, 4) is 0 Å². The van der Waals surface area contributed by atoms with Crippen LogP contribution in [-0.4, -0.2) is 24.6 Å². The van der Waals surface area contributed by atoms with Crippen LogP contribution >= 0.6 is 11.6 Å². The number of carbonyl (C=O) groups excluding carboxylic acids is 1. The zero-order valence-electron chi connectivity index (χ0n) is 7.82. The third-order valence-corrected chi connectivity index (χ3v) is 2.53. The zero-order chi connectivity index (χ0) is 10.8. The van der Waals surface area contributed by atoms with Crippen molar-refractivity contribution >= 4 is 23.4 Å². The molecule has 0 radical (unpaired) electrons. The highest BCUT2D eigenvalue weighted by atomic mass is 35.5. The van der Waals surface area contributed by atoms with Gasteiger partial charge in [-0.15, -0.1) is 11.6 Å². The first kappa shape index (κ1) is 10.2. The summed E-state index contributed by atoms with van der Waals surface area (Å²) in [6.07, 6.45) is -0.725. The summed E-state index contributed by atoms with van der Waals surface area (Å²) >= 11 is 5.59. The summed E-state index contributed by atoms with van der Waals surface area (Å²) < 4.78 is 17.6. The van der Waals surface area contributed by atoms with E-state index < -0.39 is 6.09 Å². The van der Waals surface area contributed by atoms with Crippen molar-refractivity contribution in [3.63, 3.8) is 0 Å². The van der Waals surface area contributed by atoms with E-state index in [0.717, 1.165) is 0 Å². The van der Waals surface area contributed by atoms with Gasteiger partial charge in [-0.2, -0.15) is 0 Å². The van der Waals surface area contributed by atoms with Gasteiger partial charge >= 0.3 is 6.09 Å². The van der Waals surface area contributed by atoms with E-state index in [1.165, 1.54) is 29.2 Å². The van der Waals surface area contributed by atoms with Crippen LogP contribution in [0.2, 0.25) is 0 Å². The molecule has 1 aliphatic heterocycles. The molecule has 0 aliphatic carbocycles. The number of amides is 1. The van der Waals surface area contributed by atoms with Crippen LogP contribution < -0.4 is 4.90 Å². The molecule has 1 amide bonds. The van der Waals surface area contributed by atoms with E-state index in [2.05, 4.69) is 0 Å². The number of anilines is 1. The van der Waals surface area contributed by atoms with Crippen molar-refractivity contribution in [2.75, 3.05) is 17.3 Å².